The van der Waals surface area contributed by atoms with E-state index in [1.165, 1.54) is 10.7 Å². The van der Waals surface area contributed by atoms with E-state index in [1.807, 2.05) is 33.8 Å². The fourth-order valence-corrected chi connectivity index (χ4v) is 4.85. The van der Waals surface area contributed by atoms with Crippen LogP contribution in [0.5, 0.6) is 0 Å². The normalized spacial score (nSPS) is 19.6. The maximum Gasteiger partial charge on any atom is 0.214 e. The number of sulfone groups is 1. The summed E-state index contributed by atoms with van der Waals surface area (Å²) in [5.74, 6) is -0.249. The monoisotopic (exact) mass is 427 g/mol. The van der Waals surface area contributed by atoms with E-state index in [1.54, 1.807) is 7.05 Å². The first-order chi connectivity index (χ1) is 12.8. The van der Waals surface area contributed by atoms with Crippen molar-refractivity contribution in [3.8, 4) is 0 Å². The Balaban J connectivity index is 2.27. The van der Waals surface area contributed by atoms with Gasteiger partial charge in [0.25, 0.3) is 0 Å². The van der Waals surface area contributed by atoms with Gasteiger partial charge in [-0.1, -0.05) is 11.6 Å². The van der Waals surface area contributed by atoms with Gasteiger partial charge in [0, 0.05) is 18.3 Å². The number of rotatable bonds is 4. The lowest BCUT2D eigenvalue weighted by molar-refractivity contribution is 0.366. The first-order valence-electron chi connectivity index (χ1n) is 8.59. The zero-order valence-electron chi connectivity index (χ0n) is 16.3. The summed E-state index contributed by atoms with van der Waals surface area (Å²) in [6.07, 6.45) is 1.91. The highest BCUT2D eigenvalue weighted by atomic mass is 35.5. The number of nitrogens with zero attached hydrogens (tertiary/aromatic N) is 2. The highest BCUT2D eigenvalue weighted by Crippen LogP contribution is 2.42. The Morgan fingerprint density at radius 1 is 1.39 bits per heavy atom. The Labute approximate surface area is 168 Å². The SMILES string of the molecule is CNc1nn2c(c1S(=O)(=O)c1ccc(F)c(Cl)c1)NC(C)(C(C)(C)N)C=C2C. The molecule has 1 atom stereocenters. The molecule has 7 nitrogen and oxygen atoms in total. The minimum Gasteiger partial charge on any atom is -0.370 e. The molecule has 1 aliphatic heterocycles. The number of allylic oxidation sites excluding steroid dienone is 1. The van der Waals surface area contributed by atoms with E-state index in [0.29, 0.717) is 0 Å². The number of hydrogen-bond acceptors (Lipinski definition) is 6. The summed E-state index contributed by atoms with van der Waals surface area (Å²) >= 11 is 5.81. The minimum absolute atomic E-state index is 0.0550. The predicted molar refractivity (Wildman–Crippen MR) is 109 cm³/mol. The fourth-order valence-electron chi connectivity index (χ4n) is 3.06. The summed E-state index contributed by atoms with van der Waals surface area (Å²) in [5, 5.41) is 10.2. The van der Waals surface area contributed by atoms with Gasteiger partial charge in [-0.2, -0.15) is 0 Å². The second kappa shape index (κ2) is 6.47. The predicted octanol–water partition coefficient (Wildman–Crippen LogP) is 3.33. The van der Waals surface area contributed by atoms with Crippen molar-refractivity contribution in [1.29, 1.82) is 0 Å². The maximum atomic E-state index is 13.5. The molecule has 28 heavy (non-hydrogen) atoms. The highest BCUT2D eigenvalue weighted by Gasteiger charge is 2.43. The molecule has 0 radical (unpaired) electrons. The summed E-state index contributed by atoms with van der Waals surface area (Å²) in [4.78, 5) is -0.186. The van der Waals surface area contributed by atoms with Crippen LogP contribution < -0.4 is 16.4 Å². The third-order valence-electron chi connectivity index (χ3n) is 5.10. The van der Waals surface area contributed by atoms with Crippen molar-refractivity contribution in [2.75, 3.05) is 17.7 Å². The number of halogens is 2. The van der Waals surface area contributed by atoms with Crippen molar-refractivity contribution < 1.29 is 12.8 Å². The third kappa shape index (κ3) is 3.07. The Morgan fingerprint density at radius 2 is 2.04 bits per heavy atom. The Bertz CT molecular complexity index is 1090. The van der Waals surface area contributed by atoms with Crippen LogP contribution in [0.25, 0.3) is 5.70 Å². The fraction of sp³-hybridized carbons (Fsp3) is 0.389. The summed E-state index contributed by atoms with van der Waals surface area (Å²) in [7, 11) is -2.49. The van der Waals surface area contributed by atoms with Crippen LogP contribution in [0.15, 0.2) is 34.1 Å². The molecule has 2 heterocycles. The zero-order chi connectivity index (χ0) is 21.1. The first kappa shape index (κ1) is 20.6. The van der Waals surface area contributed by atoms with E-state index in [2.05, 4.69) is 15.7 Å². The standard InChI is InChI=1S/C18H23ClFN5O2S/c1-10-9-18(4,17(2,3)21)23-16-14(15(22-5)24-25(10)16)28(26,27)11-6-7-13(20)12(19)8-11/h6-9,23H,21H2,1-5H3,(H,22,24). The van der Waals surface area contributed by atoms with E-state index >= 15 is 0 Å². The van der Waals surface area contributed by atoms with Crippen molar-refractivity contribution in [2.24, 2.45) is 5.73 Å². The molecule has 4 N–H and O–H groups in total. The van der Waals surface area contributed by atoms with Gasteiger partial charge >= 0.3 is 0 Å². The van der Waals surface area contributed by atoms with E-state index < -0.39 is 26.7 Å². The summed E-state index contributed by atoms with van der Waals surface area (Å²) in [6.45, 7) is 7.41. The second-order valence-electron chi connectivity index (χ2n) is 7.60. The van der Waals surface area contributed by atoms with Crippen LogP contribution in [0, 0.1) is 5.82 Å². The Morgan fingerprint density at radius 3 is 2.57 bits per heavy atom. The molecule has 0 amide bonds. The van der Waals surface area contributed by atoms with Crippen molar-refractivity contribution >= 4 is 38.8 Å². The van der Waals surface area contributed by atoms with Crippen LogP contribution in [0.4, 0.5) is 16.0 Å². The smallest absolute Gasteiger partial charge is 0.214 e. The molecule has 0 bridgehead atoms. The number of fused-ring (bicyclic) bond motifs is 1. The van der Waals surface area contributed by atoms with Crippen molar-refractivity contribution in [3.63, 3.8) is 0 Å². The van der Waals surface area contributed by atoms with Gasteiger partial charge in [0.2, 0.25) is 9.84 Å². The zero-order valence-corrected chi connectivity index (χ0v) is 17.8. The second-order valence-corrected chi connectivity index (χ2v) is 9.90. The molecule has 10 heteroatoms. The minimum atomic E-state index is -4.07. The molecular weight excluding hydrogens is 405 g/mol. The average molecular weight is 428 g/mol. The molecule has 152 valence electrons. The lowest BCUT2D eigenvalue weighted by Gasteiger charge is -2.43. The van der Waals surface area contributed by atoms with E-state index in [9.17, 15) is 12.8 Å². The molecule has 1 aromatic carbocycles. The average Bonchev–Trinajstić information content (AvgIpc) is 2.95. The number of hydrogen-bond donors (Lipinski definition) is 3. The maximum absolute atomic E-state index is 13.5. The van der Waals surface area contributed by atoms with Crippen LogP contribution in [-0.4, -0.2) is 36.3 Å². The van der Waals surface area contributed by atoms with Crippen LogP contribution in [0.2, 0.25) is 5.02 Å². The molecular formula is C18H23ClFN5O2S. The van der Waals surface area contributed by atoms with E-state index in [-0.39, 0.29) is 26.4 Å². The molecule has 1 unspecified atom stereocenters. The highest BCUT2D eigenvalue weighted by molar-refractivity contribution is 7.91. The molecule has 2 aromatic rings. The first-order valence-corrected chi connectivity index (χ1v) is 10.5. The van der Waals surface area contributed by atoms with Gasteiger partial charge in [-0.05, 0) is 52.0 Å². The molecule has 0 saturated carbocycles. The summed E-state index contributed by atoms with van der Waals surface area (Å²) in [5.41, 5.74) is 5.64. The lowest BCUT2D eigenvalue weighted by Crippen LogP contribution is -2.59. The summed E-state index contributed by atoms with van der Waals surface area (Å²) < 4.78 is 41.9. The molecule has 1 aliphatic rings. The Hall–Kier alpha value is -2.10. The van der Waals surface area contributed by atoms with Crippen LogP contribution in [0.1, 0.15) is 27.7 Å². The van der Waals surface area contributed by atoms with Crippen molar-refractivity contribution in [3.05, 3.63) is 35.1 Å². The summed E-state index contributed by atoms with van der Waals surface area (Å²) in [6, 6.07) is 3.29. The van der Waals surface area contributed by atoms with Gasteiger partial charge in [0.1, 0.15) is 5.82 Å². The number of aromatic nitrogens is 2. The van der Waals surface area contributed by atoms with E-state index in [0.717, 1.165) is 17.8 Å². The van der Waals surface area contributed by atoms with Gasteiger partial charge in [0.15, 0.2) is 16.5 Å². The van der Waals surface area contributed by atoms with Gasteiger partial charge in [-0.3, -0.25) is 0 Å². The van der Waals surface area contributed by atoms with Crippen molar-refractivity contribution in [1.82, 2.24) is 9.78 Å². The largest absolute Gasteiger partial charge is 0.370 e. The van der Waals surface area contributed by atoms with E-state index in [4.69, 9.17) is 17.3 Å². The van der Waals surface area contributed by atoms with Crippen molar-refractivity contribution in [2.45, 2.75) is 48.6 Å². The number of benzene rings is 1. The molecule has 0 spiro atoms. The molecule has 1 aromatic heterocycles. The topological polar surface area (TPSA) is 102 Å². The molecule has 0 saturated heterocycles. The van der Waals surface area contributed by atoms with Gasteiger partial charge < -0.3 is 16.4 Å². The number of anilines is 2. The number of nitrogens with two attached hydrogens (primary N) is 1. The van der Waals surface area contributed by atoms with Crippen LogP contribution in [0.3, 0.4) is 0 Å². The number of nitrogens with one attached hydrogen (secondary N) is 2. The molecule has 0 fully saturated rings. The quantitative estimate of drug-likeness (QED) is 0.647. The molecule has 0 aliphatic carbocycles. The third-order valence-corrected chi connectivity index (χ3v) is 7.19. The lowest BCUT2D eigenvalue weighted by atomic mass is 9.80. The van der Waals surface area contributed by atoms with Crippen LogP contribution >= 0.6 is 11.6 Å². The van der Waals surface area contributed by atoms with Gasteiger partial charge in [-0.25, -0.2) is 17.5 Å². The molecule has 3 rings (SSSR count). The van der Waals surface area contributed by atoms with Gasteiger partial charge in [0.05, 0.1) is 15.5 Å². The van der Waals surface area contributed by atoms with Gasteiger partial charge in [-0.15, -0.1) is 5.10 Å². The Kier molecular flexibility index (Phi) is 4.76. The van der Waals surface area contributed by atoms with Crippen LogP contribution in [-0.2, 0) is 9.84 Å².